The smallest absolute Gasteiger partial charge is 0.191 e. The third-order valence-corrected chi connectivity index (χ3v) is 5.28. The second-order valence-electron chi connectivity index (χ2n) is 6.33. The van der Waals surface area contributed by atoms with Gasteiger partial charge in [-0.25, -0.2) is 9.67 Å². The number of nitrogens with one attached hydrogen (secondary N) is 2. The number of guanidine groups is 1. The normalized spacial score (nSPS) is 18.5. The summed E-state index contributed by atoms with van der Waals surface area (Å²) < 4.78 is 2.01. The van der Waals surface area contributed by atoms with Crippen molar-refractivity contribution in [3.63, 3.8) is 0 Å². The minimum Gasteiger partial charge on any atom is -0.355 e. The first kappa shape index (κ1) is 17.8. The van der Waals surface area contributed by atoms with E-state index in [1.54, 1.807) is 0 Å². The molecule has 134 valence electrons. The number of fused-ring (bicyclic) bond motifs is 1. The lowest BCUT2D eigenvalue weighted by molar-refractivity contribution is 0.392. The molecule has 0 bridgehead atoms. The van der Waals surface area contributed by atoms with Gasteiger partial charge in [0.05, 0.1) is 6.54 Å². The maximum atomic E-state index is 4.46. The Bertz CT molecular complexity index is 712. The third-order valence-electron chi connectivity index (χ3n) is 4.17. The third kappa shape index (κ3) is 4.98. The van der Waals surface area contributed by atoms with E-state index in [9.17, 15) is 0 Å². The SMILES string of the molecule is CN=C(NCC(C)Sc1ccccc1)NC1CCc2nc(C)nn2C1. The molecule has 0 aliphatic carbocycles. The summed E-state index contributed by atoms with van der Waals surface area (Å²) in [6.45, 7) is 5.87. The van der Waals surface area contributed by atoms with Crippen LogP contribution in [-0.4, -0.2) is 45.6 Å². The van der Waals surface area contributed by atoms with E-state index in [4.69, 9.17) is 0 Å². The van der Waals surface area contributed by atoms with Crippen LogP contribution in [0.5, 0.6) is 0 Å². The van der Waals surface area contributed by atoms with E-state index in [2.05, 4.69) is 56.9 Å². The molecule has 6 nitrogen and oxygen atoms in total. The van der Waals surface area contributed by atoms with Crippen molar-refractivity contribution < 1.29 is 0 Å². The van der Waals surface area contributed by atoms with Gasteiger partial charge in [-0.1, -0.05) is 25.1 Å². The van der Waals surface area contributed by atoms with Gasteiger partial charge < -0.3 is 10.6 Å². The van der Waals surface area contributed by atoms with E-state index < -0.39 is 0 Å². The second-order valence-corrected chi connectivity index (χ2v) is 7.84. The Labute approximate surface area is 153 Å². The average molecular weight is 359 g/mol. The Morgan fingerprint density at radius 3 is 2.96 bits per heavy atom. The molecule has 0 saturated carbocycles. The molecule has 3 rings (SSSR count). The standard InChI is InChI=1S/C18H26N6S/c1-13(25-16-7-5-4-6-8-16)11-20-18(19-3)22-15-9-10-17-21-14(2)23-24(17)12-15/h4-8,13,15H,9-12H2,1-3H3,(H2,19,20,22). The predicted molar refractivity (Wildman–Crippen MR) is 103 cm³/mol. The van der Waals surface area contributed by atoms with Crippen molar-refractivity contribution in [3.05, 3.63) is 42.0 Å². The zero-order valence-electron chi connectivity index (χ0n) is 15.1. The lowest BCUT2D eigenvalue weighted by atomic mass is 10.1. The van der Waals surface area contributed by atoms with Gasteiger partial charge in [-0.15, -0.1) is 11.8 Å². The number of hydrogen-bond acceptors (Lipinski definition) is 4. The molecular formula is C18H26N6S. The van der Waals surface area contributed by atoms with Gasteiger partial charge in [-0.3, -0.25) is 4.99 Å². The van der Waals surface area contributed by atoms with Crippen LogP contribution >= 0.6 is 11.8 Å². The van der Waals surface area contributed by atoms with E-state index in [0.29, 0.717) is 11.3 Å². The summed E-state index contributed by atoms with van der Waals surface area (Å²) in [6.07, 6.45) is 2.00. The number of thioether (sulfide) groups is 1. The molecule has 0 radical (unpaired) electrons. The number of rotatable bonds is 5. The predicted octanol–water partition coefficient (Wildman–Crippen LogP) is 2.25. The molecule has 0 amide bonds. The largest absolute Gasteiger partial charge is 0.355 e. The fraction of sp³-hybridized carbons (Fsp3) is 0.500. The van der Waals surface area contributed by atoms with Crippen molar-refractivity contribution in [2.75, 3.05) is 13.6 Å². The van der Waals surface area contributed by atoms with Gasteiger partial charge in [0.15, 0.2) is 5.96 Å². The molecule has 1 aliphatic rings. The van der Waals surface area contributed by atoms with Crippen molar-refractivity contribution >= 4 is 17.7 Å². The second kappa shape index (κ2) is 8.38. The highest BCUT2D eigenvalue weighted by atomic mass is 32.2. The van der Waals surface area contributed by atoms with E-state index in [1.165, 1.54) is 4.90 Å². The van der Waals surface area contributed by atoms with Crippen LogP contribution in [0, 0.1) is 6.92 Å². The molecule has 0 fully saturated rings. The van der Waals surface area contributed by atoms with Crippen LogP contribution in [0.2, 0.25) is 0 Å². The number of hydrogen-bond donors (Lipinski definition) is 2. The zero-order chi connectivity index (χ0) is 17.6. The Balaban J connectivity index is 1.47. The quantitative estimate of drug-likeness (QED) is 0.487. The van der Waals surface area contributed by atoms with Gasteiger partial charge in [-0.05, 0) is 25.5 Å². The van der Waals surface area contributed by atoms with Crippen LogP contribution in [-0.2, 0) is 13.0 Å². The number of aromatic nitrogens is 3. The highest BCUT2D eigenvalue weighted by Gasteiger charge is 2.21. The fourth-order valence-corrected chi connectivity index (χ4v) is 3.90. The molecule has 2 unspecified atom stereocenters. The topological polar surface area (TPSA) is 67.1 Å². The maximum Gasteiger partial charge on any atom is 0.191 e. The van der Waals surface area contributed by atoms with Crippen LogP contribution in [0.1, 0.15) is 25.0 Å². The number of aliphatic imine (C=N–C) groups is 1. The van der Waals surface area contributed by atoms with Crippen LogP contribution in [0.4, 0.5) is 0 Å². The Kier molecular flexibility index (Phi) is 5.96. The van der Waals surface area contributed by atoms with Gasteiger partial charge in [0.25, 0.3) is 0 Å². The van der Waals surface area contributed by atoms with Crippen molar-refractivity contribution in [2.45, 2.75) is 49.4 Å². The monoisotopic (exact) mass is 358 g/mol. The van der Waals surface area contributed by atoms with Crippen molar-refractivity contribution in [2.24, 2.45) is 4.99 Å². The van der Waals surface area contributed by atoms with Crippen LogP contribution in [0.25, 0.3) is 0 Å². The first-order chi connectivity index (χ1) is 12.1. The molecule has 0 saturated heterocycles. The molecule has 1 aromatic heterocycles. The van der Waals surface area contributed by atoms with Gasteiger partial charge in [0.1, 0.15) is 11.6 Å². The van der Waals surface area contributed by atoms with Crippen LogP contribution in [0.15, 0.2) is 40.2 Å². The molecule has 2 atom stereocenters. The summed E-state index contributed by atoms with van der Waals surface area (Å²) in [7, 11) is 1.82. The van der Waals surface area contributed by atoms with Gasteiger partial charge >= 0.3 is 0 Å². The van der Waals surface area contributed by atoms with Gasteiger partial charge in [0.2, 0.25) is 0 Å². The lowest BCUT2D eigenvalue weighted by Gasteiger charge is -2.26. The summed E-state index contributed by atoms with van der Waals surface area (Å²) in [6, 6.07) is 10.8. The Morgan fingerprint density at radius 1 is 1.40 bits per heavy atom. The van der Waals surface area contributed by atoms with Crippen LogP contribution in [0.3, 0.4) is 0 Å². The summed E-state index contributed by atoms with van der Waals surface area (Å²) in [5, 5.41) is 11.9. The maximum absolute atomic E-state index is 4.46. The van der Waals surface area contributed by atoms with Crippen molar-refractivity contribution in [3.8, 4) is 0 Å². The van der Waals surface area contributed by atoms with E-state index in [0.717, 1.165) is 43.5 Å². The fourth-order valence-electron chi connectivity index (χ4n) is 2.95. The van der Waals surface area contributed by atoms with Crippen LogP contribution < -0.4 is 10.6 Å². The molecule has 2 N–H and O–H groups in total. The summed E-state index contributed by atoms with van der Waals surface area (Å²) in [5.74, 6) is 2.79. The number of aryl methyl sites for hydroxylation is 2. The minimum absolute atomic E-state index is 0.330. The van der Waals surface area contributed by atoms with E-state index in [1.807, 2.05) is 36.5 Å². The highest BCUT2D eigenvalue weighted by molar-refractivity contribution is 8.00. The first-order valence-corrected chi connectivity index (χ1v) is 9.61. The van der Waals surface area contributed by atoms with Gasteiger partial charge in [-0.2, -0.15) is 5.10 Å². The molecule has 0 spiro atoms. The Hall–Kier alpha value is -2.02. The Morgan fingerprint density at radius 2 is 2.20 bits per heavy atom. The summed E-state index contributed by atoms with van der Waals surface area (Å²) in [5.41, 5.74) is 0. The average Bonchev–Trinajstić information content (AvgIpc) is 2.98. The lowest BCUT2D eigenvalue weighted by Crippen LogP contribution is -2.48. The molecule has 7 heteroatoms. The molecule has 1 aromatic carbocycles. The zero-order valence-corrected chi connectivity index (χ0v) is 15.9. The van der Waals surface area contributed by atoms with E-state index >= 15 is 0 Å². The van der Waals surface area contributed by atoms with Gasteiger partial charge in [0, 0.05) is 36.2 Å². The summed E-state index contributed by atoms with van der Waals surface area (Å²) in [4.78, 5) is 10.1. The minimum atomic E-state index is 0.330. The van der Waals surface area contributed by atoms with Crippen molar-refractivity contribution in [1.29, 1.82) is 0 Å². The van der Waals surface area contributed by atoms with Crippen molar-refractivity contribution in [1.82, 2.24) is 25.4 Å². The number of nitrogens with zero attached hydrogens (tertiary/aromatic N) is 4. The van der Waals surface area contributed by atoms with E-state index in [-0.39, 0.29) is 0 Å². The molecule has 2 heterocycles. The molecule has 1 aliphatic heterocycles. The molecular weight excluding hydrogens is 332 g/mol. The molecule has 25 heavy (non-hydrogen) atoms. The molecule has 2 aromatic rings. The highest BCUT2D eigenvalue weighted by Crippen LogP contribution is 2.21. The first-order valence-electron chi connectivity index (χ1n) is 8.73. The summed E-state index contributed by atoms with van der Waals surface area (Å²) >= 11 is 1.87. The number of benzene rings is 1.